The van der Waals surface area contributed by atoms with E-state index < -0.39 is 13.8 Å². The van der Waals surface area contributed by atoms with Gasteiger partial charge in [-0.25, -0.2) is 4.39 Å². The number of rotatable bonds is 1. The standard InChI is InChI=1S/C9H6Br2FNO/c10-9(11)5-6-13(9,14)8-4-2-1-3-7(8)12/h1-6H. The van der Waals surface area contributed by atoms with Gasteiger partial charge in [-0.1, -0.05) is 12.1 Å². The second kappa shape index (κ2) is 3.13. The molecule has 0 aliphatic carbocycles. The summed E-state index contributed by atoms with van der Waals surface area (Å²) in [7, 11) is 0. The largest absolute Gasteiger partial charge is 0.620 e. The lowest BCUT2D eigenvalue weighted by Gasteiger charge is -2.51. The van der Waals surface area contributed by atoms with E-state index in [2.05, 4.69) is 31.9 Å². The third-order valence-corrected chi connectivity index (χ3v) is 3.72. The fourth-order valence-corrected chi connectivity index (χ4v) is 2.14. The van der Waals surface area contributed by atoms with Crippen LogP contribution in [0.4, 0.5) is 10.1 Å². The van der Waals surface area contributed by atoms with Crippen LogP contribution in [0.3, 0.4) is 0 Å². The van der Waals surface area contributed by atoms with Gasteiger partial charge in [-0.05, 0) is 6.07 Å². The van der Waals surface area contributed by atoms with Crippen LogP contribution in [0.25, 0.3) is 0 Å². The van der Waals surface area contributed by atoms with Gasteiger partial charge >= 0.3 is 0 Å². The van der Waals surface area contributed by atoms with E-state index in [1.165, 1.54) is 18.3 Å². The van der Waals surface area contributed by atoms with E-state index in [0.29, 0.717) is 0 Å². The Balaban J connectivity index is 2.52. The maximum absolute atomic E-state index is 13.4. The van der Waals surface area contributed by atoms with E-state index in [1.54, 1.807) is 18.2 Å². The Bertz CT molecular complexity index is 408. The van der Waals surface area contributed by atoms with Crippen molar-refractivity contribution in [1.82, 2.24) is 4.65 Å². The summed E-state index contributed by atoms with van der Waals surface area (Å²) >= 11 is 6.36. The molecule has 14 heavy (non-hydrogen) atoms. The van der Waals surface area contributed by atoms with Crippen molar-refractivity contribution < 1.29 is 4.39 Å². The van der Waals surface area contributed by atoms with Crippen molar-refractivity contribution in [2.24, 2.45) is 0 Å². The number of alkyl halides is 2. The van der Waals surface area contributed by atoms with Gasteiger partial charge in [0.05, 0.1) is 6.08 Å². The number of nitrogens with zero attached hydrogens (tertiary/aromatic N) is 1. The monoisotopic (exact) mass is 321 g/mol. The normalized spacial score (nSPS) is 28.6. The quantitative estimate of drug-likeness (QED) is 0.335. The number of halogens is 3. The van der Waals surface area contributed by atoms with Crippen LogP contribution < -0.4 is 4.65 Å². The Morgan fingerprint density at radius 2 is 1.93 bits per heavy atom. The number of hydrogen-bond acceptors (Lipinski definition) is 1. The Labute approximate surface area is 97.4 Å². The highest BCUT2D eigenvalue weighted by atomic mass is 79.9. The zero-order valence-corrected chi connectivity index (χ0v) is 10.1. The number of hydrogen-bond donors (Lipinski definition) is 0. The Morgan fingerprint density at radius 3 is 2.36 bits per heavy atom. The molecule has 0 aromatic heterocycles. The molecule has 2 nitrogen and oxygen atoms in total. The molecule has 5 heteroatoms. The van der Waals surface area contributed by atoms with Crippen molar-refractivity contribution in [3.63, 3.8) is 0 Å². The van der Waals surface area contributed by atoms with Gasteiger partial charge in [0.2, 0.25) is 3.36 Å². The van der Waals surface area contributed by atoms with Crippen LogP contribution in [0.15, 0.2) is 36.5 Å². The van der Waals surface area contributed by atoms with Crippen LogP contribution in [0, 0.1) is 11.0 Å². The molecule has 0 N–H and O–H groups in total. The van der Waals surface area contributed by atoms with Crippen molar-refractivity contribution in [2.75, 3.05) is 0 Å². The van der Waals surface area contributed by atoms with Gasteiger partial charge in [0.25, 0.3) is 0 Å². The van der Waals surface area contributed by atoms with E-state index in [1.807, 2.05) is 0 Å². The predicted molar refractivity (Wildman–Crippen MR) is 61.3 cm³/mol. The molecular weight excluding hydrogens is 317 g/mol. The highest BCUT2D eigenvalue weighted by Gasteiger charge is 2.48. The number of quaternary nitrogens is 1. The van der Waals surface area contributed by atoms with Crippen molar-refractivity contribution in [3.05, 3.63) is 47.6 Å². The Kier molecular flexibility index (Phi) is 2.30. The fraction of sp³-hybridized carbons (Fsp3) is 0.111. The first-order valence-corrected chi connectivity index (χ1v) is 5.49. The van der Waals surface area contributed by atoms with Crippen LogP contribution in [0.1, 0.15) is 0 Å². The van der Waals surface area contributed by atoms with Gasteiger partial charge in [0.1, 0.15) is 6.20 Å². The third kappa shape index (κ3) is 1.27. The zero-order valence-electron chi connectivity index (χ0n) is 6.95. The molecule has 0 saturated carbocycles. The first-order chi connectivity index (χ1) is 6.47. The first-order valence-electron chi connectivity index (χ1n) is 3.90. The van der Waals surface area contributed by atoms with Gasteiger partial charge in [-0.15, -0.1) is 0 Å². The highest BCUT2D eigenvalue weighted by molar-refractivity contribution is 9.25. The minimum absolute atomic E-state index is 0.0868. The fourth-order valence-electron chi connectivity index (χ4n) is 1.28. The van der Waals surface area contributed by atoms with Crippen molar-refractivity contribution in [3.8, 4) is 0 Å². The minimum atomic E-state index is -0.942. The lowest BCUT2D eigenvalue weighted by Crippen LogP contribution is -2.56. The minimum Gasteiger partial charge on any atom is -0.620 e. The maximum Gasteiger partial charge on any atom is 0.241 e. The molecule has 1 aromatic rings. The Hall–Kier alpha value is -0.230. The molecule has 1 heterocycles. The van der Waals surface area contributed by atoms with Crippen LogP contribution in [0.5, 0.6) is 0 Å². The molecule has 1 aromatic carbocycles. The summed E-state index contributed by atoms with van der Waals surface area (Å²) in [5.74, 6) is -0.505. The summed E-state index contributed by atoms with van der Waals surface area (Å²) in [5.41, 5.74) is 0.0868. The van der Waals surface area contributed by atoms with Crippen molar-refractivity contribution in [2.45, 2.75) is 3.36 Å². The third-order valence-electron chi connectivity index (χ3n) is 2.14. The molecule has 0 amide bonds. The van der Waals surface area contributed by atoms with Gasteiger partial charge in [-0.3, -0.25) is 4.65 Å². The summed E-state index contributed by atoms with van der Waals surface area (Å²) in [4.78, 5) is 0. The number of benzene rings is 1. The molecule has 74 valence electrons. The average molecular weight is 323 g/mol. The van der Waals surface area contributed by atoms with Gasteiger partial charge < -0.3 is 5.21 Å². The lowest BCUT2D eigenvalue weighted by molar-refractivity contribution is 0.424. The van der Waals surface area contributed by atoms with Crippen LogP contribution in [-0.2, 0) is 0 Å². The second-order valence-corrected chi connectivity index (χ2v) is 6.50. The van der Waals surface area contributed by atoms with E-state index in [0.717, 1.165) is 0 Å². The number of hydroxylamine groups is 2. The first kappa shape index (κ1) is 10.3. The molecule has 0 bridgehead atoms. The average Bonchev–Trinajstić information content (AvgIpc) is 2.16. The molecular formula is C9H6Br2FNO. The van der Waals surface area contributed by atoms with E-state index in [-0.39, 0.29) is 5.69 Å². The van der Waals surface area contributed by atoms with Crippen molar-refractivity contribution >= 4 is 37.5 Å². The van der Waals surface area contributed by atoms with Crippen LogP contribution in [-0.4, -0.2) is 3.36 Å². The van der Waals surface area contributed by atoms with Gasteiger partial charge in [-0.2, -0.15) is 0 Å². The molecule has 1 aliphatic heterocycles. The molecule has 1 unspecified atom stereocenters. The van der Waals surface area contributed by atoms with Crippen LogP contribution >= 0.6 is 31.9 Å². The summed E-state index contributed by atoms with van der Waals surface area (Å²) < 4.78 is 11.5. The molecule has 0 saturated heterocycles. The SMILES string of the molecule is [O-][N+]1(c2ccccc2F)C=CC1(Br)Br. The topological polar surface area (TPSA) is 23.1 Å². The molecule has 0 radical (unpaired) electrons. The summed E-state index contributed by atoms with van der Waals surface area (Å²) in [6.07, 6.45) is 3.01. The molecule has 1 aliphatic rings. The summed E-state index contributed by atoms with van der Waals surface area (Å²) in [6, 6.07) is 5.94. The summed E-state index contributed by atoms with van der Waals surface area (Å²) in [6.45, 7) is 0. The van der Waals surface area contributed by atoms with E-state index in [9.17, 15) is 9.60 Å². The summed E-state index contributed by atoms with van der Waals surface area (Å²) in [5, 5.41) is 12.2. The van der Waals surface area contributed by atoms with E-state index >= 15 is 0 Å². The van der Waals surface area contributed by atoms with Gasteiger partial charge in [0, 0.05) is 37.9 Å². The predicted octanol–water partition coefficient (Wildman–Crippen LogP) is 3.60. The smallest absolute Gasteiger partial charge is 0.241 e. The molecule has 2 rings (SSSR count). The Morgan fingerprint density at radius 1 is 1.29 bits per heavy atom. The van der Waals surface area contributed by atoms with Crippen LogP contribution in [0.2, 0.25) is 0 Å². The van der Waals surface area contributed by atoms with Crippen molar-refractivity contribution in [1.29, 1.82) is 0 Å². The van der Waals surface area contributed by atoms with E-state index in [4.69, 9.17) is 0 Å². The molecule has 0 spiro atoms. The van der Waals surface area contributed by atoms with Gasteiger partial charge in [0.15, 0.2) is 11.5 Å². The maximum atomic E-state index is 13.4. The second-order valence-electron chi connectivity index (χ2n) is 3.01. The molecule has 1 atom stereocenters. The molecule has 0 fully saturated rings. The lowest BCUT2D eigenvalue weighted by atomic mass is 10.2. The highest BCUT2D eigenvalue weighted by Crippen LogP contribution is 2.49. The number of para-hydroxylation sites is 1. The zero-order chi connectivity index (χ0) is 10.4.